The first-order valence-corrected chi connectivity index (χ1v) is 12.1. The summed E-state index contributed by atoms with van der Waals surface area (Å²) in [5.41, 5.74) is 1.57. The van der Waals surface area contributed by atoms with Crippen LogP contribution in [0.5, 0.6) is 5.75 Å². The van der Waals surface area contributed by atoms with E-state index in [0.29, 0.717) is 24.5 Å². The number of aliphatic hydroxyl groups excluding tert-OH is 1. The van der Waals surface area contributed by atoms with Gasteiger partial charge < -0.3 is 10.4 Å². The molecule has 3 aromatic rings. The highest BCUT2D eigenvalue weighted by atomic mass is 35.5. The fraction of sp³-hybridized carbons (Fsp3) is 0.208. The lowest BCUT2D eigenvalue weighted by atomic mass is 10.1. The van der Waals surface area contributed by atoms with E-state index >= 15 is 0 Å². The lowest BCUT2D eigenvalue weighted by Crippen LogP contribution is -2.23. The van der Waals surface area contributed by atoms with Crippen LogP contribution in [0.2, 0.25) is 5.02 Å². The molecule has 3 rings (SSSR count). The van der Waals surface area contributed by atoms with E-state index in [1.165, 1.54) is 31.2 Å². The second-order valence-electron chi connectivity index (χ2n) is 7.31. The molecule has 0 spiro atoms. The van der Waals surface area contributed by atoms with Crippen molar-refractivity contribution in [3.05, 3.63) is 88.9 Å². The molecule has 33 heavy (non-hydrogen) atoms. The van der Waals surface area contributed by atoms with Crippen molar-refractivity contribution in [2.45, 2.75) is 29.2 Å². The molecule has 2 N–H and O–H groups in total. The number of halogens is 1. The zero-order valence-electron chi connectivity index (χ0n) is 17.9. The average molecular weight is 490 g/mol. The molecule has 3 aromatic carbocycles. The topological polar surface area (TPSA) is 102 Å². The molecule has 1 atom stereocenters. The second-order valence-corrected chi connectivity index (χ2v) is 9.69. The summed E-state index contributed by atoms with van der Waals surface area (Å²) in [6.45, 7) is 2.10. The van der Waals surface area contributed by atoms with Crippen LogP contribution in [0.15, 0.2) is 82.6 Å². The van der Waals surface area contributed by atoms with E-state index in [-0.39, 0.29) is 15.5 Å². The molecular formula is C24H24ClNO6S. The van der Waals surface area contributed by atoms with Gasteiger partial charge in [-0.1, -0.05) is 35.9 Å². The summed E-state index contributed by atoms with van der Waals surface area (Å²) in [4.78, 5) is 20.3. The smallest absolute Gasteiger partial charge is 0.352 e. The van der Waals surface area contributed by atoms with E-state index < -0.39 is 21.9 Å². The van der Waals surface area contributed by atoms with Gasteiger partial charge in [0.25, 0.3) is 0 Å². The Labute approximate surface area is 197 Å². The largest absolute Gasteiger partial charge is 0.387 e. The molecule has 0 unspecified atom stereocenters. The van der Waals surface area contributed by atoms with Crippen molar-refractivity contribution in [2.75, 3.05) is 13.1 Å². The number of carbonyl (C=O) groups is 1. The van der Waals surface area contributed by atoms with Crippen molar-refractivity contribution >= 4 is 27.4 Å². The SMILES string of the molecule is CC(=O)OOc1ccc(S(=O)(=O)c2cccc(CCNC[C@H](O)c3cccc(Cl)c3)c2)cc1. The van der Waals surface area contributed by atoms with Gasteiger partial charge in [0.15, 0.2) is 5.75 Å². The Hall–Kier alpha value is -2.91. The predicted octanol–water partition coefficient (Wildman–Crippen LogP) is 3.90. The second kappa shape index (κ2) is 11.3. The summed E-state index contributed by atoms with van der Waals surface area (Å²) in [5, 5.41) is 14.0. The maximum absolute atomic E-state index is 13.0. The van der Waals surface area contributed by atoms with Gasteiger partial charge in [-0.05, 0) is 72.6 Å². The molecule has 0 saturated heterocycles. The van der Waals surface area contributed by atoms with E-state index in [4.69, 9.17) is 16.5 Å². The number of benzene rings is 3. The lowest BCUT2D eigenvalue weighted by molar-refractivity contribution is -0.210. The van der Waals surface area contributed by atoms with Crippen LogP contribution in [0.4, 0.5) is 0 Å². The van der Waals surface area contributed by atoms with Gasteiger partial charge in [-0.15, -0.1) is 0 Å². The molecule has 9 heteroatoms. The van der Waals surface area contributed by atoms with E-state index in [2.05, 4.69) is 10.2 Å². The van der Waals surface area contributed by atoms with E-state index in [0.717, 1.165) is 11.1 Å². The standard InChI is InChI=1S/C24H24ClNO6S/c1-17(27)31-32-21-8-10-22(11-9-21)33(29,30)23-7-2-4-18(14-23)12-13-26-16-24(28)19-5-3-6-20(25)15-19/h2-11,14-15,24,26,28H,12-13,16H2,1H3/t24-/m0/s1. The van der Waals surface area contributed by atoms with Gasteiger partial charge in [-0.2, -0.15) is 0 Å². The maximum Gasteiger partial charge on any atom is 0.352 e. The molecular weight excluding hydrogens is 466 g/mol. The van der Waals surface area contributed by atoms with Crippen molar-refractivity contribution in [2.24, 2.45) is 0 Å². The van der Waals surface area contributed by atoms with Gasteiger partial charge in [-0.3, -0.25) is 9.78 Å². The molecule has 0 fully saturated rings. The molecule has 0 aromatic heterocycles. The molecule has 0 amide bonds. The predicted molar refractivity (Wildman–Crippen MR) is 124 cm³/mol. The van der Waals surface area contributed by atoms with Gasteiger partial charge >= 0.3 is 5.97 Å². The highest BCUT2D eigenvalue weighted by Gasteiger charge is 2.18. The van der Waals surface area contributed by atoms with Crippen LogP contribution < -0.4 is 10.2 Å². The summed E-state index contributed by atoms with van der Waals surface area (Å²) in [6.07, 6.45) is -0.107. The molecule has 0 aliphatic heterocycles. The van der Waals surface area contributed by atoms with E-state index in [1.54, 1.807) is 36.4 Å². The summed E-state index contributed by atoms with van der Waals surface area (Å²) in [6, 6.07) is 19.4. The third kappa shape index (κ3) is 7.03. The molecule has 174 valence electrons. The van der Waals surface area contributed by atoms with Gasteiger partial charge in [0.2, 0.25) is 9.84 Å². The van der Waals surface area contributed by atoms with Crippen LogP contribution in [-0.2, 0) is 25.9 Å². The van der Waals surface area contributed by atoms with Crippen LogP contribution in [0.25, 0.3) is 0 Å². The third-order valence-electron chi connectivity index (χ3n) is 4.76. The molecule has 0 heterocycles. The Morgan fingerprint density at radius 1 is 1.03 bits per heavy atom. The average Bonchev–Trinajstić information content (AvgIpc) is 2.81. The van der Waals surface area contributed by atoms with Crippen molar-refractivity contribution < 1.29 is 28.1 Å². The molecule has 0 aliphatic rings. The van der Waals surface area contributed by atoms with Crippen LogP contribution in [0, 0.1) is 0 Å². The van der Waals surface area contributed by atoms with Crippen LogP contribution >= 0.6 is 11.6 Å². The van der Waals surface area contributed by atoms with Crippen LogP contribution in [-0.4, -0.2) is 32.6 Å². The highest BCUT2D eigenvalue weighted by Crippen LogP contribution is 2.24. The Bertz CT molecular complexity index is 1200. The summed E-state index contributed by atoms with van der Waals surface area (Å²) in [5.74, 6) is -0.402. The number of aliphatic hydroxyl groups is 1. The first-order valence-electron chi connectivity index (χ1n) is 10.2. The number of sulfone groups is 1. The van der Waals surface area contributed by atoms with Crippen LogP contribution in [0.1, 0.15) is 24.2 Å². The third-order valence-corrected chi connectivity index (χ3v) is 6.76. The zero-order chi connectivity index (χ0) is 23.8. The first kappa shape index (κ1) is 24.7. The maximum atomic E-state index is 13.0. The van der Waals surface area contributed by atoms with Crippen molar-refractivity contribution in [3.8, 4) is 5.75 Å². The fourth-order valence-electron chi connectivity index (χ4n) is 3.09. The minimum atomic E-state index is -3.73. The molecule has 0 aliphatic carbocycles. The monoisotopic (exact) mass is 489 g/mol. The molecule has 0 bridgehead atoms. The minimum Gasteiger partial charge on any atom is -0.387 e. The van der Waals surface area contributed by atoms with E-state index in [9.17, 15) is 18.3 Å². The van der Waals surface area contributed by atoms with Gasteiger partial charge in [-0.25, -0.2) is 13.2 Å². The minimum absolute atomic E-state index is 0.0950. The molecule has 0 radical (unpaired) electrons. The van der Waals surface area contributed by atoms with Gasteiger partial charge in [0.1, 0.15) is 0 Å². The Morgan fingerprint density at radius 3 is 2.45 bits per heavy atom. The fourth-order valence-corrected chi connectivity index (χ4v) is 4.62. The number of hydrogen-bond donors (Lipinski definition) is 2. The van der Waals surface area contributed by atoms with Gasteiger partial charge in [0, 0.05) is 18.5 Å². The Balaban J connectivity index is 1.58. The summed E-state index contributed by atoms with van der Waals surface area (Å²) in [7, 11) is -3.73. The normalized spacial score (nSPS) is 12.2. The van der Waals surface area contributed by atoms with Crippen LogP contribution in [0.3, 0.4) is 0 Å². The molecule has 7 nitrogen and oxygen atoms in total. The van der Waals surface area contributed by atoms with Crippen molar-refractivity contribution in [1.82, 2.24) is 5.32 Å². The number of rotatable bonds is 10. The number of carbonyl (C=O) groups excluding carboxylic acids is 1. The Kier molecular flexibility index (Phi) is 8.46. The summed E-state index contributed by atoms with van der Waals surface area (Å²) >= 11 is 5.95. The highest BCUT2D eigenvalue weighted by molar-refractivity contribution is 7.91. The van der Waals surface area contributed by atoms with E-state index in [1.807, 2.05) is 12.1 Å². The first-order chi connectivity index (χ1) is 15.8. The molecule has 0 saturated carbocycles. The number of nitrogens with one attached hydrogen (secondary N) is 1. The summed E-state index contributed by atoms with van der Waals surface area (Å²) < 4.78 is 26.0. The van der Waals surface area contributed by atoms with Crippen molar-refractivity contribution in [1.29, 1.82) is 0 Å². The lowest BCUT2D eigenvalue weighted by Gasteiger charge is -2.13. The number of hydrogen-bond acceptors (Lipinski definition) is 7. The van der Waals surface area contributed by atoms with Crippen molar-refractivity contribution in [3.63, 3.8) is 0 Å². The quantitative estimate of drug-likeness (QED) is 0.253. The van der Waals surface area contributed by atoms with Gasteiger partial charge in [0.05, 0.1) is 15.9 Å². The zero-order valence-corrected chi connectivity index (χ0v) is 19.5. The Morgan fingerprint density at radius 2 is 1.76 bits per heavy atom.